The third-order valence-corrected chi connectivity index (χ3v) is 1.95. The number of hydrogen-bond acceptors (Lipinski definition) is 4. The molecule has 0 aliphatic heterocycles. The van der Waals surface area contributed by atoms with Crippen LogP contribution in [0.4, 0.5) is 0 Å². The van der Waals surface area contributed by atoms with Crippen LogP contribution in [0.25, 0.3) is 0 Å². The molecular formula is C6H16N2O2. The monoisotopic (exact) mass is 148 g/mol. The van der Waals surface area contributed by atoms with Gasteiger partial charge in [-0.3, -0.25) is 0 Å². The Morgan fingerprint density at radius 2 is 1.20 bits per heavy atom. The van der Waals surface area contributed by atoms with Gasteiger partial charge in [-0.15, -0.1) is 0 Å². The minimum Gasteiger partial charge on any atom is -0.315 e. The molecule has 0 rings (SSSR count). The zero-order valence-electron chi connectivity index (χ0n) is 6.89. The van der Waals surface area contributed by atoms with Crippen LogP contribution in [0.1, 0.15) is 27.7 Å². The van der Waals surface area contributed by atoms with Crippen molar-refractivity contribution < 1.29 is 10.4 Å². The summed E-state index contributed by atoms with van der Waals surface area (Å²) in [5.74, 6) is 0. The van der Waals surface area contributed by atoms with Crippen LogP contribution in [0.5, 0.6) is 0 Å². The highest BCUT2D eigenvalue weighted by atomic mass is 16.5. The normalized spacial score (nSPS) is 13.8. The van der Waals surface area contributed by atoms with Crippen molar-refractivity contribution in [3.8, 4) is 0 Å². The summed E-state index contributed by atoms with van der Waals surface area (Å²) in [5, 5.41) is 17.3. The lowest BCUT2D eigenvalue weighted by atomic mass is 9.83. The molecule has 0 amide bonds. The highest BCUT2D eigenvalue weighted by Gasteiger charge is 2.36. The molecule has 0 heterocycles. The molecule has 4 heteroatoms. The fourth-order valence-electron chi connectivity index (χ4n) is 0.360. The van der Waals surface area contributed by atoms with E-state index < -0.39 is 5.66 Å². The number of rotatable bonds is 2. The lowest BCUT2D eigenvalue weighted by molar-refractivity contribution is -0.0904. The molecule has 0 aliphatic carbocycles. The van der Waals surface area contributed by atoms with Gasteiger partial charge in [0.05, 0.1) is 0 Å². The van der Waals surface area contributed by atoms with Crippen molar-refractivity contribution in [2.24, 2.45) is 5.41 Å². The summed E-state index contributed by atoms with van der Waals surface area (Å²) in [6, 6.07) is 0. The minimum absolute atomic E-state index is 0.267. The largest absolute Gasteiger partial charge is 0.315 e. The molecular weight excluding hydrogens is 132 g/mol. The van der Waals surface area contributed by atoms with Crippen LogP contribution in [-0.2, 0) is 0 Å². The molecule has 0 saturated heterocycles. The van der Waals surface area contributed by atoms with Crippen molar-refractivity contribution >= 4 is 0 Å². The van der Waals surface area contributed by atoms with Crippen molar-refractivity contribution in [2.45, 2.75) is 33.4 Å². The summed E-state index contributed by atoms with van der Waals surface area (Å²) in [7, 11) is 0. The molecule has 0 aliphatic rings. The van der Waals surface area contributed by atoms with Gasteiger partial charge in [-0.1, -0.05) is 20.8 Å². The van der Waals surface area contributed by atoms with Crippen molar-refractivity contribution in [1.82, 2.24) is 11.0 Å². The molecule has 0 bridgehead atoms. The van der Waals surface area contributed by atoms with E-state index in [0.717, 1.165) is 0 Å². The van der Waals surface area contributed by atoms with Gasteiger partial charge in [0.25, 0.3) is 0 Å². The Balaban J connectivity index is 4.33. The van der Waals surface area contributed by atoms with Crippen molar-refractivity contribution in [3.05, 3.63) is 0 Å². The molecule has 0 aromatic carbocycles. The predicted molar refractivity (Wildman–Crippen MR) is 37.7 cm³/mol. The SMILES string of the molecule is CC(C)(C)C(C)(NO)NO. The summed E-state index contributed by atoms with van der Waals surface area (Å²) in [5.41, 5.74) is 2.88. The number of nitrogens with one attached hydrogen (secondary N) is 2. The Bertz CT molecular complexity index is 105. The molecule has 0 fully saturated rings. The maximum absolute atomic E-state index is 8.65. The second-order valence-corrected chi connectivity index (χ2v) is 3.60. The molecule has 0 aromatic heterocycles. The highest BCUT2D eigenvalue weighted by molar-refractivity contribution is 4.86. The number of hydrogen-bond donors (Lipinski definition) is 4. The first-order chi connectivity index (χ1) is 4.37. The molecule has 4 N–H and O–H groups in total. The van der Waals surface area contributed by atoms with Crippen LogP contribution in [0.3, 0.4) is 0 Å². The fourth-order valence-corrected chi connectivity index (χ4v) is 0.360. The maximum Gasteiger partial charge on any atom is 0.116 e. The van der Waals surface area contributed by atoms with Gasteiger partial charge >= 0.3 is 0 Å². The van der Waals surface area contributed by atoms with E-state index in [2.05, 4.69) is 0 Å². The van der Waals surface area contributed by atoms with Crippen molar-refractivity contribution in [2.75, 3.05) is 0 Å². The summed E-state index contributed by atoms with van der Waals surface area (Å²) in [6.07, 6.45) is 0. The van der Waals surface area contributed by atoms with E-state index in [9.17, 15) is 0 Å². The van der Waals surface area contributed by atoms with Gasteiger partial charge in [-0.05, 0) is 12.3 Å². The Labute approximate surface area is 61.2 Å². The minimum atomic E-state index is -0.868. The molecule has 0 spiro atoms. The topological polar surface area (TPSA) is 64.5 Å². The van der Waals surface area contributed by atoms with E-state index in [1.807, 2.05) is 31.7 Å². The predicted octanol–water partition coefficient (Wildman–Crippen LogP) is 0.706. The second kappa shape index (κ2) is 2.84. The van der Waals surface area contributed by atoms with Gasteiger partial charge in [0.1, 0.15) is 5.66 Å². The van der Waals surface area contributed by atoms with E-state index in [4.69, 9.17) is 10.4 Å². The standard InChI is InChI=1S/C6H16N2O2/c1-5(2,3)6(4,7-9)8-10/h7-10H,1-4H3. The molecule has 0 atom stereocenters. The molecule has 62 valence electrons. The Morgan fingerprint density at radius 1 is 0.900 bits per heavy atom. The van der Waals surface area contributed by atoms with Gasteiger partial charge in [-0.2, -0.15) is 11.0 Å². The molecule has 0 aromatic rings. The Hall–Kier alpha value is -0.160. The lowest BCUT2D eigenvalue weighted by Crippen LogP contribution is -2.60. The molecule has 0 radical (unpaired) electrons. The van der Waals surface area contributed by atoms with Crippen molar-refractivity contribution in [3.63, 3.8) is 0 Å². The van der Waals surface area contributed by atoms with Crippen LogP contribution in [0, 0.1) is 5.41 Å². The van der Waals surface area contributed by atoms with E-state index in [1.165, 1.54) is 0 Å². The maximum atomic E-state index is 8.65. The lowest BCUT2D eigenvalue weighted by Gasteiger charge is -2.38. The van der Waals surface area contributed by atoms with Crippen LogP contribution in [-0.4, -0.2) is 16.1 Å². The third-order valence-electron chi connectivity index (χ3n) is 1.95. The first-order valence-corrected chi connectivity index (χ1v) is 3.20. The van der Waals surface area contributed by atoms with E-state index in [0.29, 0.717) is 0 Å². The van der Waals surface area contributed by atoms with Crippen LogP contribution in [0.2, 0.25) is 0 Å². The zero-order valence-corrected chi connectivity index (χ0v) is 6.89. The molecule has 10 heavy (non-hydrogen) atoms. The zero-order chi connectivity index (χ0) is 8.41. The van der Waals surface area contributed by atoms with Crippen LogP contribution >= 0.6 is 0 Å². The molecule has 0 saturated carbocycles. The van der Waals surface area contributed by atoms with E-state index >= 15 is 0 Å². The van der Waals surface area contributed by atoms with Gasteiger partial charge in [0.2, 0.25) is 0 Å². The molecule has 4 nitrogen and oxygen atoms in total. The van der Waals surface area contributed by atoms with Crippen molar-refractivity contribution in [1.29, 1.82) is 0 Å². The average Bonchev–Trinajstić information content (AvgIpc) is 1.84. The Kier molecular flexibility index (Phi) is 2.79. The first-order valence-electron chi connectivity index (χ1n) is 3.20. The molecule has 0 unspecified atom stereocenters. The van der Waals surface area contributed by atoms with Gasteiger partial charge in [0.15, 0.2) is 0 Å². The highest BCUT2D eigenvalue weighted by Crippen LogP contribution is 2.26. The van der Waals surface area contributed by atoms with Crippen LogP contribution < -0.4 is 11.0 Å². The second-order valence-electron chi connectivity index (χ2n) is 3.60. The first kappa shape index (κ1) is 9.84. The van der Waals surface area contributed by atoms with Gasteiger partial charge < -0.3 is 10.4 Å². The summed E-state index contributed by atoms with van der Waals surface area (Å²) in [6.45, 7) is 7.32. The van der Waals surface area contributed by atoms with Gasteiger partial charge in [0, 0.05) is 0 Å². The third kappa shape index (κ3) is 1.67. The average molecular weight is 148 g/mol. The smallest absolute Gasteiger partial charge is 0.116 e. The summed E-state index contributed by atoms with van der Waals surface area (Å²) in [4.78, 5) is 0. The quantitative estimate of drug-likeness (QED) is 0.344. The Morgan fingerprint density at radius 3 is 1.20 bits per heavy atom. The summed E-state index contributed by atoms with van der Waals surface area (Å²) >= 11 is 0. The van der Waals surface area contributed by atoms with Gasteiger partial charge in [-0.25, -0.2) is 0 Å². The van der Waals surface area contributed by atoms with Crippen LogP contribution in [0.15, 0.2) is 0 Å². The van der Waals surface area contributed by atoms with E-state index in [1.54, 1.807) is 6.92 Å². The van der Waals surface area contributed by atoms with E-state index in [-0.39, 0.29) is 5.41 Å². The number of hydroxylamine groups is 2. The fraction of sp³-hybridized carbons (Fsp3) is 1.00. The summed E-state index contributed by atoms with van der Waals surface area (Å²) < 4.78 is 0.